The summed E-state index contributed by atoms with van der Waals surface area (Å²) in [6, 6.07) is 4.12. The summed E-state index contributed by atoms with van der Waals surface area (Å²) < 4.78 is 0. The second kappa shape index (κ2) is 6.63. The van der Waals surface area contributed by atoms with E-state index in [1.807, 2.05) is 6.20 Å². The number of nitrogens with zero attached hydrogens (tertiary/aromatic N) is 3. The maximum Gasteiger partial charge on any atom is 0.223 e. The lowest BCUT2D eigenvalue weighted by Crippen LogP contribution is -2.33. The molecule has 4 rings (SSSR count). The van der Waals surface area contributed by atoms with Crippen molar-refractivity contribution in [3.63, 3.8) is 0 Å². The Hall–Kier alpha value is -2.37. The van der Waals surface area contributed by atoms with Gasteiger partial charge in [-0.05, 0) is 37.3 Å². The molecule has 2 aromatic heterocycles. The molecule has 0 aromatic carbocycles. The Labute approximate surface area is 141 Å². The first-order valence-corrected chi connectivity index (χ1v) is 8.78. The number of fused-ring (bicyclic) bond motifs is 1. The number of aryl methyl sites for hydroxylation is 1. The van der Waals surface area contributed by atoms with Crippen LogP contribution in [0, 0.1) is 5.92 Å². The van der Waals surface area contributed by atoms with Gasteiger partial charge in [0.05, 0.1) is 12.0 Å². The molecule has 0 bridgehead atoms. The monoisotopic (exact) mass is 325 g/mol. The molecule has 1 atom stereocenters. The zero-order chi connectivity index (χ0) is 16.4. The standard InChI is InChI=1S/C18H23N5O/c24-18(14-4-5-15-16(9-14)22-12-21-15)20-11-13-3-6-17(19-10-13)23-7-1-2-8-23/h3,6,10,12,14H,1-2,4-5,7-9,11H2,(H,20,24)(H,21,22). The molecule has 2 aliphatic rings. The number of hydrogen-bond donors (Lipinski definition) is 2. The number of rotatable bonds is 4. The minimum absolute atomic E-state index is 0.0368. The maximum atomic E-state index is 12.4. The predicted octanol–water partition coefficient (Wildman–Crippen LogP) is 1.83. The van der Waals surface area contributed by atoms with E-state index in [0.717, 1.165) is 55.1 Å². The summed E-state index contributed by atoms with van der Waals surface area (Å²) in [6.45, 7) is 2.74. The Morgan fingerprint density at radius 1 is 1.29 bits per heavy atom. The van der Waals surface area contributed by atoms with Gasteiger partial charge in [0, 0.05) is 43.9 Å². The second-order valence-corrected chi connectivity index (χ2v) is 6.70. The number of hydrogen-bond acceptors (Lipinski definition) is 4. The number of H-pyrrole nitrogens is 1. The van der Waals surface area contributed by atoms with E-state index in [4.69, 9.17) is 0 Å². The van der Waals surface area contributed by atoms with E-state index in [1.165, 1.54) is 12.8 Å². The van der Waals surface area contributed by atoms with E-state index in [1.54, 1.807) is 6.33 Å². The summed E-state index contributed by atoms with van der Waals surface area (Å²) in [5.41, 5.74) is 3.27. The first-order chi connectivity index (χ1) is 11.8. The summed E-state index contributed by atoms with van der Waals surface area (Å²) in [5, 5.41) is 3.05. The van der Waals surface area contributed by atoms with Gasteiger partial charge in [0.2, 0.25) is 5.91 Å². The molecule has 6 nitrogen and oxygen atoms in total. The lowest BCUT2D eigenvalue weighted by atomic mass is 9.89. The summed E-state index contributed by atoms with van der Waals surface area (Å²) >= 11 is 0. The van der Waals surface area contributed by atoms with Gasteiger partial charge >= 0.3 is 0 Å². The lowest BCUT2D eigenvalue weighted by molar-refractivity contribution is -0.125. The molecule has 0 saturated carbocycles. The van der Waals surface area contributed by atoms with Gasteiger partial charge < -0.3 is 15.2 Å². The van der Waals surface area contributed by atoms with E-state index >= 15 is 0 Å². The molecular weight excluding hydrogens is 302 g/mol. The highest BCUT2D eigenvalue weighted by atomic mass is 16.1. The molecule has 126 valence electrons. The Bertz CT molecular complexity index is 702. The molecular formula is C18H23N5O. The van der Waals surface area contributed by atoms with Crippen LogP contribution in [0.5, 0.6) is 0 Å². The Kier molecular flexibility index (Phi) is 4.19. The van der Waals surface area contributed by atoms with Crippen molar-refractivity contribution >= 4 is 11.7 Å². The number of imidazole rings is 1. The minimum Gasteiger partial charge on any atom is -0.357 e. The van der Waals surface area contributed by atoms with Gasteiger partial charge in [-0.1, -0.05) is 6.07 Å². The number of amides is 1. The van der Waals surface area contributed by atoms with E-state index in [9.17, 15) is 4.79 Å². The molecule has 1 unspecified atom stereocenters. The second-order valence-electron chi connectivity index (χ2n) is 6.70. The van der Waals surface area contributed by atoms with Gasteiger partial charge in [-0.3, -0.25) is 4.79 Å². The van der Waals surface area contributed by atoms with Crippen LogP contribution in [0.2, 0.25) is 0 Å². The Balaban J connectivity index is 1.31. The van der Waals surface area contributed by atoms with Crippen LogP contribution in [0.4, 0.5) is 5.82 Å². The van der Waals surface area contributed by atoms with Crippen LogP contribution < -0.4 is 10.2 Å². The van der Waals surface area contributed by atoms with Crippen LogP contribution >= 0.6 is 0 Å². The van der Waals surface area contributed by atoms with Gasteiger partial charge in [0.15, 0.2) is 0 Å². The smallest absolute Gasteiger partial charge is 0.223 e. The number of carbonyl (C=O) groups is 1. The fraction of sp³-hybridized carbons (Fsp3) is 0.500. The largest absolute Gasteiger partial charge is 0.357 e. The lowest BCUT2D eigenvalue weighted by Gasteiger charge is -2.21. The first kappa shape index (κ1) is 15.2. The third-order valence-corrected chi connectivity index (χ3v) is 5.06. The number of aromatic amines is 1. The van der Waals surface area contributed by atoms with Crippen molar-refractivity contribution in [1.29, 1.82) is 0 Å². The number of pyridine rings is 1. The highest BCUT2D eigenvalue weighted by molar-refractivity contribution is 5.79. The summed E-state index contributed by atoms with van der Waals surface area (Å²) in [6.07, 6.45) is 8.60. The molecule has 1 aliphatic heterocycles. The minimum atomic E-state index is 0.0368. The van der Waals surface area contributed by atoms with Crippen molar-refractivity contribution in [2.45, 2.75) is 38.6 Å². The van der Waals surface area contributed by atoms with Crippen LogP contribution in [0.3, 0.4) is 0 Å². The molecule has 1 saturated heterocycles. The average Bonchev–Trinajstić information content (AvgIpc) is 3.30. The van der Waals surface area contributed by atoms with E-state index in [0.29, 0.717) is 6.54 Å². The topological polar surface area (TPSA) is 73.9 Å². The van der Waals surface area contributed by atoms with Crippen LogP contribution in [-0.2, 0) is 24.2 Å². The third-order valence-electron chi connectivity index (χ3n) is 5.06. The highest BCUT2D eigenvalue weighted by Gasteiger charge is 2.25. The van der Waals surface area contributed by atoms with Gasteiger partial charge in [-0.15, -0.1) is 0 Å². The quantitative estimate of drug-likeness (QED) is 0.899. The van der Waals surface area contributed by atoms with Crippen molar-refractivity contribution in [2.75, 3.05) is 18.0 Å². The van der Waals surface area contributed by atoms with E-state index in [-0.39, 0.29) is 11.8 Å². The fourth-order valence-electron chi connectivity index (χ4n) is 3.61. The zero-order valence-corrected chi connectivity index (χ0v) is 13.8. The van der Waals surface area contributed by atoms with E-state index < -0.39 is 0 Å². The fourth-order valence-corrected chi connectivity index (χ4v) is 3.61. The Morgan fingerprint density at radius 3 is 2.96 bits per heavy atom. The molecule has 1 amide bonds. The Morgan fingerprint density at radius 2 is 2.17 bits per heavy atom. The number of anilines is 1. The molecule has 2 N–H and O–H groups in total. The molecule has 0 spiro atoms. The van der Waals surface area contributed by atoms with E-state index in [2.05, 4.69) is 37.3 Å². The highest BCUT2D eigenvalue weighted by Crippen LogP contribution is 2.23. The normalized spacial score (nSPS) is 20.0. The van der Waals surface area contributed by atoms with Crippen molar-refractivity contribution in [2.24, 2.45) is 5.92 Å². The summed E-state index contributed by atoms with van der Waals surface area (Å²) in [5.74, 6) is 1.20. The summed E-state index contributed by atoms with van der Waals surface area (Å²) in [7, 11) is 0. The van der Waals surface area contributed by atoms with Crippen LogP contribution in [0.1, 0.15) is 36.2 Å². The molecule has 0 radical (unpaired) electrons. The van der Waals surface area contributed by atoms with Gasteiger partial charge in [-0.25, -0.2) is 9.97 Å². The predicted molar refractivity (Wildman–Crippen MR) is 91.6 cm³/mol. The number of aromatic nitrogens is 3. The number of carbonyl (C=O) groups excluding carboxylic acids is 1. The van der Waals surface area contributed by atoms with Crippen LogP contribution in [-0.4, -0.2) is 33.9 Å². The van der Waals surface area contributed by atoms with Crippen LogP contribution in [0.15, 0.2) is 24.7 Å². The van der Waals surface area contributed by atoms with Gasteiger partial charge in [0.25, 0.3) is 0 Å². The molecule has 3 heterocycles. The van der Waals surface area contributed by atoms with Crippen molar-refractivity contribution in [1.82, 2.24) is 20.3 Å². The summed E-state index contributed by atoms with van der Waals surface area (Å²) in [4.78, 5) is 26.7. The van der Waals surface area contributed by atoms with Crippen molar-refractivity contribution < 1.29 is 4.79 Å². The molecule has 1 fully saturated rings. The third kappa shape index (κ3) is 3.13. The zero-order valence-electron chi connectivity index (χ0n) is 13.8. The SMILES string of the molecule is O=C(NCc1ccc(N2CCCC2)nc1)C1CCc2nc[nH]c2C1. The van der Waals surface area contributed by atoms with Gasteiger partial charge in [-0.2, -0.15) is 0 Å². The van der Waals surface area contributed by atoms with Crippen LogP contribution in [0.25, 0.3) is 0 Å². The molecule has 24 heavy (non-hydrogen) atoms. The molecule has 6 heteroatoms. The molecule has 1 aliphatic carbocycles. The first-order valence-electron chi connectivity index (χ1n) is 8.78. The van der Waals surface area contributed by atoms with Crippen molar-refractivity contribution in [3.8, 4) is 0 Å². The average molecular weight is 325 g/mol. The maximum absolute atomic E-state index is 12.4. The van der Waals surface area contributed by atoms with Gasteiger partial charge in [0.1, 0.15) is 5.82 Å². The van der Waals surface area contributed by atoms with Crippen molar-refractivity contribution in [3.05, 3.63) is 41.6 Å². The number of nitrogens with one attached hydrogen (secondary N) is 2. The molecule has 2 aromatic rings.